The van der Waals surface area contributed by atoms with Crippen LogP contribution in [0.25, 0.3) is 11.8 Å². The first-order chi connectivity index (χ1) is 19.3. The molecule has 0 spiro atoms. The van der Waals surface area contributed by atoms with E-state index in [4.69, 9.17) is 16.3 Å². The van der Waals surface area contributed by atoms with Gasteiger partial charge >= 0.3 is 6.03 Å². The Morgan fingerprint density at radius 3 is 2.25 bits per heavy atom. The number of urea groups is 1. The highest BCUT2D eigenvalue weighted by Gasteiger charge is 2.37. The Labute approximate surface area is 237 Å². The van der Waals surface area contributed by atoms with Crippen LogP contribution in [0.1, 0.15) is 35.0 Å². The van der Waals surface area contributed by atoms with Crippen molar-refractivity contribution < 1.29 is 19.1 Å². The number of nitrogens with zero attached hydrogens (tertiary/aromatic N) is 2. The molecule has 0 radical (unpaired) electrons. The number of aromatic nitrogens is 1. The molecule has 4 aromatic rings. The predicted octanol–water partition coefficient (Wildman–Crippen LogP) is 6.56. The van der Waals surface area contributed by atoms with E-state index in [1.165, 1.54) is 6.08 Å². The minimum atomic E-state index is -0.765. The van der Waals surface area contributed by atoms with E-state index in [1.54, 1.807) is 12.1 Å². The molecule has 40 heavy (non-hydrogen) atoms. The topological polar surface area (TPSA) is 80.6 Å². The summed E-state index contributed by atoms with van der Waals surface area (Å²) < 4.78 is 7.93. The molecule has 8 heteroatoms. The third-order valence-corrected chi connectivity index (χ3v) is 7.29. The van der Waals surface area contributed by atoms with Gasteiger partial charge in [0.2, 0.25) is 0 Å². The van der Waals surface area contributed by atoms with Crippen LogP contribution >= 0.6 is 11.6 Å². The summed E-state index contributed by atoms with van der Waals surface area (Å²) in [7, 11) is 0. The van der Waals surface area contributed by atoms with Gasteiger partial charge in [-0.2, -0.15) is 0 Å². The summed E-state index contributed by atoms with van der Waals surface area (Å²) in [5.74, 6) is -0.682. The lowest BCUT2D eigenvalue weighted by Crippen LogP contribution is -2.54. The van der Waals surface area contributed by atoms with Crippen molar-refractivity contribution >= 4 is 41.2 Å². The largest absolute Gasteiger partial charge is 0.489 e. The molecule has 7 nitrogen and oxygen atoms in total. The molecule has 202 valence electrons. The van der Waals surface area contributed by atoms with Crippen molar-refractivity contribution in [1.29, 1.82) is 0 Å². The summed E-state index contributed by atoms with van der Waals surface area (Å²) in [5.41, 5.74) is 5.63. The van der Waals surface area contributed by atoms with Crippen LogP contribution in [0.15, 0.2) is 84.4 Å². The van der Waals surface area contributed by atoms with Crippen LogP contribution < -0.4 is 15.0 Å². The van der Waals surface area contributed by atoms with Crippen molar-refractivity contribution in [2.24, 2.45) is 0 Å². The average Bonchev–Trinajstić information content (AvgIpc) is 3.23. The molecule has 4 amide bonds. The minimum absolute atomic E-state index is 0.109. The number of rotatable bonds is 7. The molecule has 1 aromatic heterocycles. The maximum absolute atomic E-state index is 13.3. The highest BCUT2D eigenvalue weighted by molar-refractivity contribution is 6.39. The SMILES string of the molecule is CCc1ccc(N2C(=O)NC(=O)/C(=C/c3cc(C)n(-c4ccc(OCc5ccccc5Cl)cc4)c3C)C2=O)cc1. The molecule has 0 atom stereocenters. The molecule has 1 fully saturated rings. The molecular formula is C32H28ClN3O4. The smallest absolute Gasteiger partial charge is 0.335 e. The average molecular weight is 554 g/mol. The van der Waals surface area contributed by atoms with Crippen LogP contribution in [0.3, 0.4) is 0 Å². The van der Waals surface area contributed by atoms with Crippen molar-refractivity contribution in [2.45, 2.75) is 33.8 Å². The number of aryl methyl sites for hydroxylation is 2. The van der Waals surface area contributed by atoms with Gasteiger partial charge < -0.3 is 9.30 Å². The first kappa shape index (κ1) is 27.0. The summed E-state index contributed by atoms with van der Waals surface area (Å²) in [5, 5.41) is 2.95. The van der Waals surface area contributed by atoms with Crippen LogP contribution in [0, 0.1) is 13.8 Å². The van der Waals surface area contributed by atoms with E-state index in [2.05, 4.69) is 5.32 Å². The van der Waals surface area contributed by atoms with E-state index < -0.39 is 17.8 Å². The van der Waals surface area contributed by atoms with E-state index in [1.807, 2.05) is 92.1 Å². The quantitative estimate of drug-likeness (QED) is 0.208. The lowest BCUT2D eigenvalue weighted by atomic mass is 10.1. The number of carbonyl (C=O) groups excluding carboxylic acids is 3. The Morgan fingerprint density at radius 1 is 0.900 bits per heavy atom. The monoisotopic (exact) mass is 553 g/mol. The zero-order valence-electron chi connectivity index (χ0n) is 22.4. The lowest BCUT2D eigenvalue weighted by molar-refractivity contribution is -0.122. The van der Waals surface area contributed by atoms with Gasteiger partial charge in [-0.1, -0.05) is 48.9 Å². The number of anilines is 1. The number of nitrogens with one attached hydrogen (secondary N) is 1. The Kier molecular flexibility index (Phi) is 7.58. The first-order valence-electron chi connectivity index (χ1n) is 12.9. The third kappa shape index (κ3) is 5.28. The predicted molar refractivity (Wildman–Crippen MR) is 156 cm³/mol. The number of barbiturate groups is 1. The number of hydrogen-bond acceptors (Lipinski definition) is 4. The second-order valence-electron chi connectivity index (χ2n) is 9.51. The molecule has 5 rings (SSSR count). The van der Waals surface area contributed by atoms with Crippen LogP contribution in [0.4, 0.5) is 10.5 Å². The Balaban J connectivity index is 1.39. The molecule has 1 aliphatic heterocycles. The van der Waals surface area contributed by atoms with Gasteiger partial charge in [0.05, 0.1) is 5.69 Å². The fourth-order valence-electron chi connectivity index (χ4n) is 4.73. The number of ether oxygens (including phenoxy) is 1. The molecule has 1 aliphatic rings. The van der Waals surface area contributed by atoms with E-state index in [-0.39, 0.29) is 5.57 Å². The third-order valence-electron chi connectivity index (χ3n) is 6.92. The summed E-state index contributed by atoms with van der Waals surface area (Å²) in [4.78, 5) is 39.6. The Hall–Kier alpha value is -4.62. The molecule has 0 unspecified atom stereocenters. The fraction of sp³-hybridized carbons (Fsp3) is 0.156. The van der Waals surface area contributed by atoms with Crippen molar-refractivity contribution in [3.8, 4) is 11.4 Å². The lowest BCUT2D eigenvalue weighted by Gasteiger charge is -2.26. The highest BCUT2D eigenvalue weighted by atomic mass is 35.5. The van der Waals surface area contributed by atoms with Crippen molar-refractivity contribution in [1.82, 2.24) is 9.88 Å². The Bertz CT molecular complexity index is 1640. The number of imide groups is 2. The number of halogens is 1. The minimum Gasteiger partial charge on any atom is -0.489 e. The molecule has 0 saturated carbocycles. The molecule has 1 N–H and O–H groups in total. The molecule has 2 heterocycles. The molecule has 1 saturated heterocycles. The normalized spacial score (nSPS) is 14.6. The van der Waals surface area contributed by atoms with Crippen molar-refractivity contribution in [2.75, 3.05) is 4.90 Å². The molecular weight excluding hydrogens is 526 g/mol. The van der Waals surface area contributed by atoms with Crippen LogP contribution in [-0.4, -0.2) is 22.4 Å². The van der Waals surface area contributed by atoms with Gasteiger partial charge in [-0.25, -0.2) is 9.69 Å². The van der Waals surface area contributed by atoms with Gasteiger partial charge in [0.1, 0.15) is 17.9 Å². The molecule has 0 aliphatic carbocycles. The van der Waals surface area contributed by atoms with Crippen LogP contribution in [0.5, 0.6) is 5.75 Å². The van der Waals surface area contributed by atoms with Gasteiger partial charge in [-0.15, -0.1) is 0 Å². The number of hydrogen-bond donors (Lipinski definition) is 1. The number of carbonyl (C=O) groups is 3. The zero-order valence-corrected chi connectivity index (χ0v) is 23.2. The van der Waals surface area contributed by atoms with Gasteiger partial charge in [-0.3, -0.25) is 14.9 Å². The standard InChI is InChI=1S/C32H28ClN3O4/c1-4-22-9-11-26(12-10-22)36-31(38)28(30(37)34-32(36)39)18-24-17-20(2)35(21(24)3)25-13-15-27(16-14-25)40-19-23-7-5-6-8-29(23)33/h5-18H,4,19H2,1-3H3,(H,34,37,39)/b28-18-. The van der Waals surface area contributed by atoms with Crippen LogP contribution in [0.2, 0.25) is 5.02 Å². The van der Waals surface area contributed by atoms with Gasteiger partial charge in [0.25, 0.3) is 11.8 Å². The van der Waals surface area contributed by atoms with Gasteiger partial charge in [-0.05, 0) is 86.0 Å². The zero-order chi connectivity index (χ0) is 28.4. The van der Waals surface area contributed by atoms with E-state index in [0.717, 1.165) is 39.5 Å². The summed E-state index contributed by atoms with van der Waals surface area (Å²) >= 11 is 6.22. The Morgan fingerprint density at radius 2 is 1.57 bits per heavy atom. The summed E-state index contributed by atoms with van der Waals surface area (Å²) in [6, 6.07) is 23.5. The second-order valence-corrected chi connectivity index (χ2v) is 9.92. The maximum atomic E-state index is 13.3. The fourth-order valence-corrected chi connectivity index (χ4v) is 4.92. The second kappa shape index (κ2) is 11.2. The van der Waals surface area contributed by atoms with Gasteiger partial charge in [0, 0.05) is 27.7 Å². The van der Waals surface area contributed by atoms with E-state index >= 15 is 0 Å². The summed E-state index contributed by atoms with van der Waals surface area (Å²) in [6.45, 7) is 6.24. The number of amides is 4. The maximum Gasteiger partial charge on any atom is 0.335 e. The molecule has 3 aromatic carbocycles. The van der Waals surface area contributed by atoms with E-state index in [0.29, 0.717) is 28.6 Å². The first-order valence-corrected chi connectivity index (χ1v) is 13.3. The van der Waals surface area contributed by atoms with E-state index in [9.17, 15) is 14.4 Å². The number of benzene rings is 3. The molecule has 0 bridgehead atoms. The van der Waals surface area contributed by atoms with Gasteiger partial charge in [0.15, 0.2) is 0 Å². The highest BCUT2D eigenvalue weighted by Crippen LogP contribution is 2.27. The van der Waals surface area contributed by atoms with Crippen molar-refractivity contribution in [3.63, 3.8) is 0 Å². The van der Waals surface area contributed by atoms with Crippen LogP contribution in [-0.2, 0) is 22.6 Å². The summed E-state index contributed by atoms with van der Waals surface area (Å²) in [6.07, 6.45) is 2.37. The van der Waals surface area contributed by atoms with Crippen molar-refractivity contribution in [3.05, 3.63) is 118 Å².